The third kappa shape index (κ3) is 3.88. The van der Waals surface area contributed by atoms with Gasteiger partial charge in [0.05, 0.1) is 12.0 Å². The van der Waals surface area contributed by atoms with Gasteiger partial charge in [0.2, 0.25) is 11.8 Å². The molecule has 0 unspecified atom stereocenters. The number of rotatable bonds is 3. The number of carbonyl (C=O) groups is 2. The zero-order valence-electron chi connectivity index (χ0n) is 16.0. The van der Waals surface area contributed by atoms with Crippen molar-refractivity contribution in [1.82, 2.24) is 9.80 Å². The van der Waals surface area contributed by atoms with Crippen molar-refractivity contribution in [3.63, 3.8) is 0 Å². The summed E-state index contributed by atoms with van der Waals surface area (Å²) in [5, 5.41) is 11.1. The minimum absolute atomic E-state index is 0.0370. The van der Waals surface area contributed by atoms with Gasteiger partial charge in [-0.3, -0.25) is 9.59 Å². The average molecular weight is 370 g/mol. The second-order valence-corrected chi connectivity index (χ2v) is 8.57. The van der Waals surface area contributed by atoms with Gasteiger partial charge >= 0.3 is 0 Å². The van der Waals surface area contributed by atoms with Gasteiger partial charge in [-0.25, -0.2) is 0 Å². The number of hydrogen-bond acceptors (Lipinski definition) is 3. The third-order valence-electron chi connectivity index (χ3n) is 6.84. The molecule has 2 atom stereocenters. The highest BCUT2D eigenvalue weighted by Crippen LogP contribution is 2.37. The maximum atomic E-state index is 12.8. The summed E-state index contributed by atoms with van der Waals surface area (Å²) >= 11 is 0. The number of fused-ring (bicyclic) bond motifs is 1. The molecular weight excluding hydrogens is 340 g/mol. The molecule has 4 rings (SSSR count). The fourth-order valence-electron chi connectivity index (χ4n) is 5.04. The molecule has 5 nitrogen and oxygen atoms in total. The lowest BCUT2D eigenvalue weighted by Gasteiger charge is -2.50. The van der Waals surface area contributed by atoms with Gasteiger partial charge in [0, 0.05) is 38.0 Å². The van der Waals surface area contributed by atoms with E-state index in [1.807, 2.05) is 40.1 Å². The number of carbonyl (C=O) groups excluding carboxylic acids is 2. The van der Waals surface area contributed by atoms with Gasteiger partial charge in [0.1, 0.15) is 0 Å². The van der Waals surface area contributed by atoms with Crippen LogP contribution in [0.15, 0.2) is 30.3 Å². The van der Waals surface area contributed by atoms with E-state index in [4.69, 9.17) is 0 Å². The number of likely N-dealkylation sites (tertiary alicyclic amines) is 2. The van der Waals surface area contributed by atoms with Crippen molar-refractivity contribution in [2.45, 2.75) is 50.5 Å². The molecule has 1 saturated carbocycles. The second kappa shape index (κ2) is 7.63. The molecule has 1 aliphatic carbocycles. The summed E-state index contributed by atoms with van der Waals surface area (Å²) in [5.74, 6) is 0.519. The van der Waals surface area contributed by atoms with Crippen LogP contribution < -0.4 is 0 Å². The summed E-state index contributed by atoms with van der Waals surface area (Å²) in [6, 6.07) is 9.80. The molecule has 2 aliphatic heterocycles. The van der Waals surface area contributed by atoms with E-state index in [0.29, 0.717) is 45.4 Å². The van der Waals surface area contributed by atoms with Crippen molar-refractivity contribution >= 4 is 11.8 Å². The summed E-state index contributed by atoms with van der Waals surface area (Å²) in [4.78, 5) is 29.4. The standard InChI is InChI=1S/C22H30N2O3/c25-20(14-17-6-2-1-3-7-17)23-12-10-22(27)11-13-24(16-19(22)15-23)21(26)18-8-4-5-9-18/h1-3,6-7,18-19,27H,4-5,8-16H2/t19-,22-/m1/s1. The lowest BCUT2D eigenvalue weighted by Crippen LogP contribution is -2.61. The van der Waals surface area contributed by atoms with Gasteiger partial charge in [-0.15, -0.1) is 0 Å². The van der Waals surface area contributed by atoms with Gasteiger partial charge in [-0.1, -0.05) is 43.2 Å². The van der Waals surface area contributed by atoms with Crippen molar-refractivity contribution in [3.8, 4) is 0 Å². The van der Waals surface area contributed by atoms with Crippen LogP contribution in [0.25, 0.3) is 0 Å². The van der Waals surface area contributed by atoms with Crippen LogP contribution in [-0.4, -0.2) is 58.5 Å². The number of aliphatic hydroxyl groups is 1. The van der Waals surface area contributed by atoms with E-state index in [2.05, 4.69) is 0 Å². The van der Waals surface area contributed by atoms with Gasteiger partial charge in [-0.2, -0.15) is 0 Å². The Kier molecular flexibility index (Phi) is 5.22. The average Bonchev–Trinajstić information content (AvgIpc) is 3.22. The van der Waals surface area contributed by atoms with Gasteiger partial charge in [0.25, 0.3) is 0 Å². The first-order valence-corrected chi connectivity index (χ1v) is 10.4. The first kappa shape index (κ1) is 18.5. The molecule has 0 radical (unpaired) electrons. The molecule has 2 heterocycles. The Morgan fingerprint density at radius 3 is 2.33 bits per heavy atom. The van der Waals surface area contributed by atoms with Crippen molar-refractivity contribution < 1.29 is 14.7 Å². The predicted molar refractivity (Wildman–Crippen MR) is 103 cm³/mol. The molecular formula is C22H30N2O3. The summed E-state index contributed by atoms with van der Waals surface area (Å²) < 4.78 is 0. The van der Waals surface area contributed by atoms with Crippen LogP contribution in [-0.2, 0) is 16.0 Å². The molecule has 2 saturated heterocycles. The van der Waals surface area contributed by atoms with E-state index in [1.54, 1.807) is 0 Å². The molecule has 1 N–H and O–H groups in total. The smallest absolute Gasteiger partial charge is 0.227 e. The summed E-state index contributed by atoms with van der Waals surface area (Å²) in [6.07, 6.45) is 5.97. The van der Waals surface area contributed by atoms with Crippen LogP contribution in [0.4, 0.5) is 0 Å². The zero-order chi connectivity index (χ0) is 18.9. The van der Waals surface area contributed by atoms with Gasteiger partial charge < -0.3 is 14.9 Å². The highest BCUT2D eigenvalue weighted by Gasteiger charge is 2.47. The van der Waals surface area contributed by atoms with E-state index in [0.717, 1.165) is 31.2 Å². The van der Waals surface area contributed by atoms with Crippen LogP contribution in [0.2, 0.25) is 0 Å². The van der Waals surface area contributed by atoms with E-state index >= 15 is 0 Å². The summed E-state index contributed by atoms with van der Waals surface area (Å²) in [6.45, 7) is 2.40. The Hall–Kier alpha value is -1.88. The number of benzene rings is 1. The minimum Gasteiger partial charge on any atom is -0.389 e. The van der Waals surface area contributed by atoms with Crippen molar-refractivity contribution in [1.29, 1.82) is 0 Å². The van der Waals surface area contributed by atoms with E-state index in [-0.39, 0.29) is 23.7 Å². The molecule has 0 aromatic heterocycles. The SMILES string of the molecule is O=C(Cc1ccccc1)N1CC[C@@]2(O)CCN(C(=O)C3CCCC3)C[C@H]2C1. The fourth-order valence-corrected chi connectivity index (χ4v) is 5.04. The highest BCUT2D eigenvalue weighted by atomic mass is 16.3. The lowest BCUT2D eigenvalue weighted by molar-refractivity contribution is -0.155. The van der Waals surface area contributed by atoms with E-state index in [9.17, 15) is 14.7 Å². The van der Waals surface area contributed by atoms with E-state index in [1.165, 1.54) is 0 Å². The van der Waals surface area contributed by atoms with Crippen LogP contribution in [0, 0.1) is 11.8 Å². The van der Waals surface area contributed by atoms with Gasteiger partial charge in [0.15, 0.2) is 0 Å². The Bertz CT molecular complexity index is 686. The van der Waals surface area contributed by atoms with Crippen LogP contribution >= 0.6 is 0 Å². The molecule has 1 aromatic carbocycles. The maximum Gasteiger partial charge on any atom is 0.227 e. The van der Waals surface area contributed by atoms with Gasteiger partial charge in [-0.05, 0) is 31.2 Å². The molecule has 2 amide bonds. The molecule has 3 aliphatic rings. The van der Waals surface area contributed by atoms with Crippen LogP contribution in [0.3, 0.4) is 0 Å². The quantitative estimate of drug-likeness (QED) is 0.888. The topological polar surface area (TPSA) is 60.9 Å². The summed E-state index contributed by atoms with van der Waals surface area (Å²) in [5.41, 5.74) is 0.292. The molecule has 3 fully saturated rings. The zero-order valence-corrected chi connectivity index (χ0v) is 16.0. The highest BCUT2D eigenvalue weighted by molar-refractivity contribution is 5.80. The molecule has 0 spiro atoms. The van der Waals surface area contributed by atoms with Crippen molar-refractivity contribution in [2.75, 3.05) is 26.2 Å². The molecule has 27 heavy (non-hydrogen) atoms. The number of piperidine rings is 2. The largest absolute Gasteiger partial charge is 0.389 e. The molecule has 5 heteroatoms. The van der Waals surface area contributed by atoms with E-state index < -0.39 is 5.60 Å². The van der Waals surface area contributed by atoms with Crippen LogP contribution in [0.1, 0.15) is 44.1 Å². The minimum atomic E-state index is -0.726. The third-order valence-corrected chi connectivity index (χ3v) is 6.84. The van der Waals surface area contributed by atoms with Crippen molar-refractivity contribution in [2.24, 2.45) is 11.8 Å². The Morgan fingerprint density at radius 2 is 1.63 bits per heavy atom. The first-order chi connectivity index (χ1) is 13.0. The predicted octanol–water partition coefficient (Wildman–Crippen LogP) is 2.23. The number of hydrogen-bond donors (Lipinski definition) is 1. The first-order valence-electron chi connectivity index (χ1n) is 10.4. The molecule has 146 valence electrons. The Labute approximate surface area is 161 Å². The second-order valence-electron chi connectivity index (χ2n) is 8.57. The Morgan fingerprint density at radius 1 is 1.00 bits per heavy atom. The Balaban J connectivity index is 1.39. The molecule has 0 bridgehead atoms. The normalized spacial score (nSPS) is 28.9. The summed E-state index contributed by atoms with van der Waals surface area (Å²) in [7, 11) is 0. The fraction of sp³-hybridized carbons (Fsp3) is 0.636. The van der Waals surface area contributed by atoms with Crippen LogP contribution in [0.5, 0.6) is 0 Å². The number of amides is 2. The lowest BCUT2D eigenvalue weighted by atomic mass is 9.75. The molecule has 1 aromatic rings. The maximum absolute atomic E-state index is 12.8. The number of nitrogens with zero attached hydrogens (tertiary/aromatic N) is 2. The monoisotopic (exact) mass is 370 g/mol. The van der Waals surface area contributed by atoms with Crippen molar-refractivity contribution in [3.05, 3.63) is 35.9 Å².